The molecule has 1 aromatic rings. The molecule has 1 aromatic carbocycles. The van der Waals surface area contributed by atoms with Crippen LogP contribution in [0.3, 0.4) is 0 Å². The molecule has 0 aromatic heterocycles. The zero-order valence-corrected chi connectivity index (χ0v) is 9.49. The van der Waals surface area contributed by atoms with Crippen LogP contribution in [0.2, 0.25) is 0 Å². The molecule has 0 spiro atoms. The first-order valence-corrected chi connectivity index (χ1v) is 6.43. The van der Waals surface area contributed by atoms with E-state index in [1.807, 2.05) is 19.1 Å². The van der Waals surface area contributed by atoms with Crippen molar-refractivity contribution in [3.63, 3.8) is 0 Å². The Kier molecular flexibility index (Phi) is 4.28. The summed E-state index contributed by atoms with van der Waals surface area (Å²) in [5, 5.41) is 0. The van der Waals surface area contributed by atoms with Gasteiger partial charge in [-0.3, -0.25) is 0 Å². The van der Waals surface area contributed by atoms with Crippen molar-refractivity contribution >= 4 is 33.6 Å². The molecule has 0 fully saturated rings. The van der Waals surface area contributed by atoms with Crippen molar-refractivity contribution in [2.75, 3.05) is 10.6 Å². The molecule has 0 heterocycles. The molecular weight excluding hydrogens is 221 g/mol. The van der Waals surface area contributed by atoms with E-state index in [-0.39, 0.29) is 0 Å². The number of nitrogens with zero attached hydrogens (tertiary/aromatic N) is 1. The number of halogens is 1. The van der Waals surface area contributed by atoms with Gasteiger partial charge in [-0.05, 0) is 25.3 Å². The van der Waals surface area contributed by atoms with Gasteiger partial charge in [0.1, 0.15) is 0 Å². The number of carbonyl (C=O) groups excluding carboxylic acids is 1. The monoisotopic (exact) mass is 231 g/mol. The first-order valence-electron chi connectivity index (χ1n) is 3.92. The van der Waals surface area contributed by atoms with E-state index in [0.29, 0.717) is 5.69 Å². The van der Waals surface area contributed by atoms with E-state index in [9.17, 15) is 9.18 Å². The first-order chi connectivity index (χ1) is 6.65. The highest BCUT2D eigenvalue weighted by Crippen LogP contribution is 2.30. The number of hydrogen-bond acceptors (Lipinski definition) is 3. The summed E-state index contributed by atoms with van der Waals surface area (Å²) >= 11 is 0. The number of aryl methyl sites for hydroxylation is 1. The molecule has 0 aliphatic carbocycles. The maximum Gasteiger partial charge on any atom is 0.415 e. The molecule has 2 nitrogen and oxygen atoms in total. The summed E-state index contributed by atoms with van der Waals surface area (Å²) in [5.74, 6) is 0. The third-order valence-corrected chi connectivity index (χ3v) is 3.12. The van der Waals surface area contributed by atoms with Crippen molar-refractivity contribution in [3.05, 3.63) is 29.8 Å². The lowest BCUT2D eigenvalue weighted by molar-refractivity contribution is 0.232. The third-order valence-electron chi connectivity index (χ3n) is 1.58. The van der Waals surface area contributed by atoms with Crippen molar-refractivity contribution in [1.29, 1.82) is 0 Å². The molecule has 0 saturated heterocycles. The lowest BCUT2D eigenvalue weighted by Crippen LogP contribution is -2.16. The fourth-order valence-corrected chi connectivity index (χ4v) is 2.23. The number of amides is 1. The average molecular weight is 231 g/mol. The molecule has 1 amide bonds. The van der Waals surface area contributed by atoms with Crippen LogP contribution in [-0.2, 0) is 0 Å². The van der Waals surface area contributed by atoms with Gasteiger partial charge in [-0.15, -0.1) is 4.39 Å². The molecule has 0 atom stereocenters. The minimum absolute atomic E-state index is 0.558. The minimum atomic E-state index is -1.45. The van der Waals surface area contributed by atoms with Gasteiger partial charge in [-0.2, -0.15) is 0 Å². The Morgan fingerprint density at radius 3 is 2.36 bits per heavy atom. The van der Waals surface area contributed by atoms with E-state index in [0.717, 1.165) is 20.8 Å². The predicted octanol–water partition coefficient (Wildman–Crippen LogP) is 3.82. The highest BCUT2D eigenvalue weighted by Gasteiger charge is 2.14. The van der Waals surface area contributed by atoms with Crippen molar-refractivity contribution in [3.8, 4) is 0 Å². The highest BCUT2D eigenvalue weighted by molar-refractivity contribution is 8.77. The lowest BCUT2D eigenvalue weighted by Gasteiger charge is -2.15. The van der Waals surface area contributed by atoms with Gasteiger partial charge in [-0.25, -0.2) is 9.10 Å². The van der Waals surface area contributed by atoms with Crippen LogP contribution < -0.4 is 4.31 Å². The number of anilines is 1. The Bertz CT molecular complexity index is 315. The second-order valence-electron chi connectivity index (χ2n) is 2.62. The van der Waals surface area contributed by atoms with Crippen LogP contribution in [-0.4, -0.2) is 12.4 Å². The SMILES string of the molecule is CSSN(C(=O)F)c1ccc(C)cc1. The molecule has 0 radical (unpaired) electrons. The normalized spacial score (nSPS) is 9.93. The maximum absolute atomic E-state index is 12.6. The van der Waals surface area contributed by atoms with Gasteiger partial charge in [0.2, 0.25) is 0 Å². The summed E-state index contributed by atoms with van der Waals surface area (Å²) in [6.45, 7) is 1.94. The summed E-state index contributed by atoms with van der Waals surface area (Å²) in [6, 6.07) is 7.12. The number of rotatable bonds is 3. The highest BCUT2D eigenvalue weighted by atomic mass is 33.1. The smallest absolute Gasteiger partial charge is 0.233 e. The van der Waals surface area contributed by atoms with Crippen LogP contribution in [0.4, 0.5) is 14.9 Å². The Labute approximate surface area is 90.4 Å². The van der Waals surface area contributed by atoms with E-state index >= 15 is 0 Å². The predicted molar refractivity (Wildman–Crippen MR) is 61.3 cm³/mol. The molecule has 0 saturated carbocycles. The zero-order valence-electron chi connectivity index (χ0n) is 7.86. The van der Waals surface area contributed by atoms with E-state index < -0.39 is 6.16 Å². The lowest BCUT2D eigenvalue weighted by atomic mass is 10.2. The van der Waals surface area contributed by atoms with Crippen molar-refractivity contribution < 1.29 is 9.18 Å². The summed E-state index contributed by atoms with van der Waals surface area (Å²) in [5.41, 5.74) is 1.64. The molecule has 5 heteroatoms. The Balaban J connectivity index is 2.87. The number of hydrogen-bond donors (Lipinski definition) is 0. The summed E-state index contributed by atoms with van der Waals surface area (Å²) < 4.78 is 13.6. The first kappa shape index (κ1) is 11.4. The van der Waals surface area contributed by atoms with Crippen LogP contribution >= 0.6 is 21.8 Å². The molecule has 0 aliphatic heterocycles. The fraction of sp³-hybridized carbons (Fsp3) is 0.222. The topological polar surface area (TPSA) is 20.3 Å². The number of carbonyl (C=O) groups is 1. The Hall–Kier alpha value is -0.680. The third kappa shape index (κ3) is 2.92. The van der Waals surface area contributed by atoms with Gasteiger partial charge in [-0.1, -0.05) is 28.5 Å². The van der Waals surface area contributed by atoms with Gasteiger partial charge in [0.15, 0.2) is 0 Å². The molecule has 0 bridgehead atoms. The molecule has 0 aliphatic rings. The van der Waals surface area contributed by atoms with E-state index in [4.69, 9.17) is 0 Å². The quantitative estimate of drug-likeness (QED) is 0.341. The molecule has 0 N–H and O–H groups in total. The second kappa shape index (κ2) is 5.26. The van der Waals surface area contributed by atoms with Gasteiger partial charge >= 0.3 is 6.16 Å². The van der Waals surface area contributed by atoms with Crippen LogP contribution in [0.1, 0.15) is 5.56 Å². The molecule has 76 valence electrons. The second-order valence-corrected chi connectivity index (χ2v) is 4.92. The van der Waals surface area contributed by atoms with E-state index in [1.165, 1.54) is 10.8 Å². The van der Waals surface area contributed by atoms with Crippen LogP contribution in [0.25, 0.3) is 0 Å². The van der Waals surface area contributed by atoms with Gasteiger partial charge in [0.05, 0.1) is 5.69 Å². The van der Waals surface area contributed by atoms with E-state index in [2.05, 4.69) is 0 Å². The maximum atomic E-state index is 12.6. The van der Waals surface area contributed by atoms with Crippen molar-refractivity contribution in [1.82, 2.24) is 0 Å². The largest absolute Gasteiger partial charge is 0.415 e. The Morgan fingerprint density at radius 1 is 1.36 bits per heavy atom. The standard InChI is InChI=1S/C9H10FNOS2/c1-7-3-5-8(6-4-7)11(9(10)12)14-13-2/h3-6H,1-2H3. The van der Waals surface area contributed by atoms with Gasteiger partial charge < -0.3 is 0 Å². The van der Waals surface area contributed by atoms with Crippen LogP contribution in [0.5, 0.6) is 0 Å². The zero-order chi connectivity index (χ0) is 10.6. The van der Waals surface area contributed by atoms with Crippen LogP contribution in [0, 0.1) is 6.92 Å². The van der Waals surface area contributed by atoms with Crippen molar-refractivity contribution in [2.45, 2.75) is 6.92 Å². The molecule has 0 unspecified atom stereocenters. The Morgan fingerprint density at radius 2 is 1.93 bits per heavy atom. The van der Waals surface area contributed by atoms with Gasteiger partial charge in [0, 0.05) is 11.0 Å². The average Bonchev–Trinajstić information content (AvgIpc) is 2.15. The van der Waals surface area contributed by atoms with Crippen molar-refractivity contribution in [2.24, 2.45) is 0 Å². The minimum Gasteiger partial charge on any atom is -0.233 e. The van der Waals surface area contributed by atoms with Crippen LogP contribution in [0.15, 0.2) is 24.3 Å². The number of benzene rings is 1. The molecule has 14 heavy (non-hydrogen) atoms. The fourth-order valence-electron chi connectivity index (χ4n) is 0.929. The summed E-state index contributed by atoms with van der Waals surface area (Å²) in [6.07, 6.45) is 0.336. The van der Waals surface area contributed by atoms with E-state index in [1.54, 1.807) is 18.4 Å². The summed E-state index contributed by atoms with van der Waals surface area (Å²) in [7, 11) is 2.39. The molecule has 1 rings (SSSR count). The molecular formula is C9H10FNOS2. The van der Waals surface area contributed by atoms with Gasteiger partial charge in [0.25, 0.3) is 0 Å². The summed E-state index contributed by atoms with van der Waals surface area (Å²) in [4.78, 5) is 10.6.